The molecule has 0 aliphatic rings. The average Bonchev–Trinajstić information content (AvgIpc) is 2.23. The van der Waals surface area contributed by atoms with E-state index in [2.05, 4.69) is 10.1 Å². The first-order chi connectivity index (χ1) is 8.29. The van der Waals surface area contributed by atoms with Gasteiger partial charge in [-0.1, -0.05) is 0 Å². The van der Waals surface area contributed by atoms with Gasteiger partial charge >= 0.3 is 6.18 Å². The molecule has 0 aliphatic carbocycles. The summed E-state index contributed by atoms with van der Waals surface area (Å²) in [6.07, 6.45) is -4.44. The van der Waals surface area contributed by atoms with Crippen molar-refractivity contribution >= 4 is 5.69 Å². The van der Waals surface area contributed by atoms with E-state index in [1.165, 1.54) is 0 Å². The van der Waals surface area contributed by atoms with Crippen molar-refractivity contribution in [3.05, 3.63) is 29.6 Å². The monoisotopic (exact) mass is 273 g/mol. The van der Waals surface area contributed by atoms with E-state index in [-0.39, 0.29) is 18.8 Å². The van der Waals surface area contributed by atoms with Crippen molar-refractivity contribution in [1.82, 2.24) is 0 Å². The van der Waals surface area contributed by atoms with E-state index in [0.717, 1.165) is 0 Å². The summed E-state index contributed by atoms with van der Waals surface area (Å²) in [5.74, 6) is -3.63. The highest BCUT2D eigenvalue weighted by molar-refractivity contribution is 5.45. The van der Waals surface area contributed by atoms with Gasteiger partial charge in [0.05, 0.1) is 12.3 Å². The Kier molecular flexibility index (Phi) is 4.83. The Hall–Kier alpha value is -1.44. The fourth-order valence-electron chi connectivity index (χ4n) is 1.10. The SMILES string of the molecule is Fc1cc(F)c(NCCOCC(F)(F)F)cc1F. The van der Waals surface area contributed by atoms with Gasteiger partial charge in [0.2, 0.25) is 0 Å². The van der Waals surface area contributed by atoms with Crippen LogP contribution in [0.3, 0.4) is 0 Å². The van der Waals surface area contributed by atoms with Crippen molar-refractivity contribution in [2.24, 2.45) is 0 Å². The van der Waals surface area contributed by atoms with Crippen LogP contribution in [-0.4, -0.2) is 25.9 Å². The summed E-state index contributed by atoms with van der Waals surface area (Å²) < 4.78 is 77.6. The molecule has 0 heterocycles. The van der Waals surface area contributed by atoms with Gasteiger partial charge in [0.15, 0.2) is 11.6 Å². The van der Waals surface area contributed by atoms with Crippen LogP contribution in [0.1, 0.15) is 0 Å². The maximum atomic E-state index is 13.0. The first-order valence-electron chi connectivity index (χ1n) is 4.82. The summed E-state index contributed by atoms with van der Waals surface area (Å²) in [6, 6.07) is 0.919. The summed E-state index contributed by atoms with van der Waals surface area (Å²) in [5.41, 5.74) is -0.343. The highest BCUT2D eigenvalue weighted by atomic mass is 19.4. The molecule has 0 saturated carbocycles. The Balaban J connectivity index is 2.38. The molecule has 1 aromatic rings. The van der Waals surface area contributed by atoms with E-state index in [9.17, 15) is 26.3 Å². The fourth-order valence-corrected chi connectivity index (χ4v) is 1.10. The number of ether oxygens (including phenoxy) is 1. The number of hydrogen-bond donors (Lipinski definition) is 1. The number of halogens is 6. The van der Waals surface area contributed by atoms with Gasteiger partial charge < -0.3 is 10.1 Å². The van der Waals surface area contributed by atoms with Crippen LogP contribution < -0.4 is 5.32 Å². The molecular weight excluding hydrogens is 264 g/mol. The molecule has 0 amide bonds. The summed E-state index contributed by atoms with van der Waals surface area (Å²) in [6.45, 7) is -1.94. The van der Waals surface area contributed by atoms with E-state index in [0.29, 0.717) is 12.1 Å². The average molecular weight is 273 g/mol. The molecule has 1 rings (SSSR count). The molecule has 0 spiro atoms. The summed E-state index contributed by atoms with van der Waals surface area (Å²) >= 11 is 0. The van der Waals surface area contributed by atoms with Crippen LogP contribution >= 0.6 is 0 Å². The fraction of sp³-hybridized carbons (Fsp3) is 0.400. The van der Waals surface area contributed by atoms with Crippen molar-refractivity contribution < 1.29 is 31.1 Å². The van der Waals surface area contributed by atoms with Gasteiger partial charge in [-0.25, -0.2) is 13.2 Å². The first-order valence-corrected chi connectivity index (χ1v) is 4.82. The van der Waals surface area contributed by atoms with Crippen LogP contribution in [0.2, 0.25) is 0 Å². The lowest BCUT2D eigenvalue weighted by Gasteiger charge is -2.10. The quantitative estimate of drug-likeness (QED) is 0.505. The Bertz CT molecular complexity index is 406. The highest BCUT2D eigenvalue weighted by Gasteiger charge is 2.27. The standard InChI is InChI=1S/C10H9F6NO/c11-6-3-8(13)9(4-7(6)12)17-1-2-18-5-10(14,15)16/h3-4,17H,1-2,5H2. The summed E-state index contributed by atoms with van der Waals surface area (Å²) in [5, 5.41) is 2.29. The molecule has 102 valence electrons. The molecule has 0 bridgehead atoms. The highest BCUT2D eigenvalue weighted by Crippen LogP contribution is 2.18. The van der Waals surface area contributed by atoms with E-state index in [1.54, 1.807) is 0 Å². The third-order valence-electron chi connectivity index (χ3n) is 1.84. The molecule has 0 radical (unpaired) electrons. The van der Waals surface area contributed by atoms with E-state index in [4.69, 9.17) is 0 Å². The van der Waals surface area contributed by atoms with Crippen molar-refractivity contribution in [3.63, 3.8) is 0 Å². The molecule has 0 unspecified atom stereocenters. The Morgan fingerprint density at radius 1 is 1.00 bits per heavy atom. The van der Waals surface area contributed by atoms with E-state index < -0.39 is 30.2 Å². The molecule has 0 aromatic heterocycles. The molecule has 2 nitrogen and oxygen atoms in total. The number of alkyl halides is 3. The van der Waals surface area contributed by atoms with Crippen LogP contribution in [0.4, 0.5) is 32.0 Å². The Morgan fingerprint density at radius 3 is 2.22 bits per heavy atom. The van der Waals surface area contributed by atoms with Crippen molar-refractivity contribution in [2.75, 3.05) is 25.1 Å². The van der Waals surface area contributed by atoms with Gasteiger partial charge in [0, 0.05) is 18.7 Å². The minimum Gasteiger partial charge on any atom is -0.380 e. The molecule has 0 saturated heterocycles. The van der Waals surface area contributed by atoms with Gasteiger partial charge in [-0.15, -0.1) is 0 Å². The van der Waals surface area contributed by atoms with E-state index in [1.807, 2.05) is 0 Å². The Morgan fingerprint density at radius 2 is 1.61 bits per heavy atom. The van der Waals surface area contributed by atoms with Gasteiger partial charge in [0.1, 0.15) is 12.4 Å². The van der Waals surface area contributed by atoms with Crippen LogP contribution in [0, 0.1) is 17.5 Å². The first kappa shape index (κ1) is 14.6. The predicted molar refractivity (Wildman–Crippen MR) is 51.7 cm³/mol. The van der Waals surface area contributed by atoms with Crippen molar-refractivity contribution in [3.8, 4) is 0 Å². The molecule has 8 heteroatoms. The number of hydrogen-bond acceptors (Lipinski definition) is 2. The van der Waals surface area contributed by atoms with Gasteiger partial charge in [0.25, 0.3) is 0 Å². The molecule has 0 atom stereocenters. The second-order valence-electron chi connectivity index (χ2n) is 3.34. The van der Waals surface area contributed by atoms with Crippen molar-refractivity contribution in [1.29, 1.82) is 0 Å². The second-order valence-corrected chi connectivity index (χ2v) is 3.34. The lowest BCUT2D eigenvalue weighted by atomic mass is 10.3. The maximum absolute atomic E-state index is 13.0. The number of rotatable bonds is 5. The van der Waals surface area contributed by atoms with Crippen LogP contribution in [0.25, 0.3) is 0 Å². The molecule has 0 fully saturated rings. The maximum Gasteiger partial charge on any atom is 0.411 e. The zero-order chi connectivity index (χ0) is 13.8. The van der Waals surface area contributed by atoms with Gasteiger partial charge in [-0.2, -0.15) is 13.2 Å². The zero-order valence-corrected chi connectivity index (χ0v) is 8.95. The number of anilines is 1. The topological polar surface area (TPSA) is 21.3 Å². The lowest BCUT2D eigenvalue weighted by Crippen LogP contribution is -2.20. The number of benzene rings is 1. The molecule has 18 heavy (non-hydrogen) atoms. The smallest absolute Gasteiger partial charge is 0.380 e. The lowest BCUT2D eigenvalue weighted by molar-refractivity contribution is -0.172. The largest absolute Gasteiger partial charge is 0.411 e. The summed E-state index contributed by atoms with van der Waals surface area (Å²) in [7, 11) is 0. The normalized spacial score (nSPS) is 11.7. The third-order valence-corrected chi connectivity index (χ3v) is 1.84. The van der Waals surface area contributed by atoms with Crippen LogP contribution in [0.5, 0.6) is 0 Å². The minimum absolute atomic E-state index is 0.169. The van der Waals surface area contributed by atoms with E-state index >= 15 is 0 Å². The zero-order valence-electron chi connectivity index (χ0n) is 8.95. The molecule has 0 aliphatic heterocycles. The van der Waals surface area contributed by atoms with Crippen molar-refractivity contribution in [2.45, 2.75) is 6.18 Å². The minimum atomic E-state index is -4.44. The predicted octanol–water partition coefficient (Wildman–Crippen LogP) is 3.09. The second kappa shape index (κ2) is 5.94. The van der Waals surface area contributed by atoms with Crippen LogP contribution in [-0.2, 0) is 4.74 Å². The molecular formula is C10H9F6NO. The Labute approximate surface area is 98.5 Å². The number of nitrogens with one attached hydrogen (secondary N) is 1. The summed E-state index contributed by atoms with van der Waals surface area (Å²) in [4.78, 5) is 0. The van der Waals surface area contributed by atoms with Gasteiger partial charge in [-0.3, -0.25) is 0 Å². The van der Waals surface area contributed by atoms with Crippen LogP contribution in [0.15, 0.2) is 12.1 Å². The third kappa shape index (κ3) is 4.82. The van der Waals surface area contributed by atoms with Gasteiger partial charge in [-0.05, 0) is 0 Å². The molecule has 1 aromatic carbocycles. The molecule has 1 N–H and O–H groups in total.